The molecule has 0 radical (unpaired) electrons. The summed E-state index contributed by atoms with van der Waals surface area (Å²) in [5, 5.41) is 0. The molecule has 0 saturated carbocycles. The van der Waals surface area contributed by atoms with Gasteiger partial charge in [0.2, 0.25) is 0 Å². The van der Waals surface area contributed by atoms with Gasteiger partial charge < -0.3 is 4.74 Å². The van der Waals surface area contributed by atoms with Gasteiger partial charge in [0.1, 0.15) is 0 Å². The van der Waals surface area contributed by atoms with Gasteiger partial charge in [0.05, 0.1) is 7.11 Å². The molecule has 11 heavy (non-hydrogen) atoms. The third-order valence-corrected chi connectivity index (χ3v) is 1.41. The summed E-state index contributed by atoms with van der Waals surface area (Å²) in [6, 6.07) is 0. The van der Waals surface area contributed by atoms with E-state index in [2.05, 4.69) is 4.74 Å². The minimum atomic E-state index is -0.308. The first kappa shape index (κ1) is 9.95. The lowest BCUT2D eigenvalue weighted by Crippen LogP contribution is -1.93. The van der Waals surface area contributed by atoms with Crippen molar-refractivity contribution >= 4 is 5.97 Å². The van der Waals surface area contributed by atoms with Crippen LogP contribution in [0.15, 0.2) is 23.8 Å². The molecule has 0 fully saturated rings. The van der Waals surface area contributed by atoms with Crippen LogP contribution in [0.4, 0.5) is 0 Å². The highest BCUT2D eigenvalue weighted by Gasteiger charge is 1.90. The SMILES string of the molecule is C/C=C(/C=C/C(=O)OC)CC. The monoisotopic (exact) mass is 154 g/mol. The van der Waals surface area contributed by atoms with Crippen molar-refractivity contribution in [3.05, 3.63) is 23.8 Å². The Kier molecular flexibility index (Phi) is 5.17. The highest BCUT2D eigenvalue weighted by Crippen LogP contribution is 2.01. The number of carbonyl (C=O) groups is 1. The number of hydrogen-bond acceptors (Lipinski definition) is 2. The topological polar surface area (TPSA) is 26.3 Å². The summed E-state index contributed by atoms with van der Waals surface area (Å²) in [5.41, 5.74) is 1.13. The van der Waals surface area contributed by atoms with E-state index in [4.69, 9.17) is 0 Å². The molecule has 0 unspecified atom stereocenters. The predicted octanol–water partition coefficient (Wildman–Crippen LogP) is 2.07. The summed E-state index contributed by atoms with van der Waals surface area (Å²) in [4.78, 5) is 10.6. The van der Waals surface area contributed by atoms with E-state index >= 15 is 0 Å². The fourth-order valence-electron chi connectivity index (χ4n) is 0.661. The lowest BCUT2D eigenvalue weighted by atomic mass is 10.2. The van der Waals surface area contributed by atoms with Gasteiger partial charge in [-0.15, -0.1) is 0 Å². The first-order valence-corrected chi connectivity index (χ1v) is 3.65. The third kappa shape index (κ3) is 4.37. The molecular formula is C9H14O2. The maximum Gasteiger partial charge on any atom is 0.330 e. The molecule has 2 nitrogen and oxygen atoms in total. The van der Waals surface area contributed by atoms with Gasteiger partial charge in [0.15, 0.2) is 0 Å². The second kappa shape index (κ2) is 5.71. The number of methoxy groups -OCH3 is 1. The van der Waals surface area contributed by atoms with Gasteiger partial charge in [-0.25, -0.2) is 4.79 Å². The molecule has 2 heteroatoms. The summed E-state index contributed by atoms with van der Waals surface area (Å²) in [6.45, 7) is 3.98. The Hall–Kier alpha value is -1.05. The van der Waals surface area contributed by atoms with Crippen LogP contribution >= 0.6 is 0 Å². The Bertz CT molecular complexity index is 178. The summed E-state index contributed by atoms with van der Waals surface area (Å²) in [6.07, 6.45) is 6.11. The Labute approximate surface area is 67.6 Å². The minimum Gasteiger partial charge on any atom is -0.466 e. The highest BCUT2D eigenvalue weighted by atomic mass is 16.5. The van der Waals surface area contributed by atoms with Crippen LogP contribution in [0.1, 0.15) is 20.3 Å². The van der Waals surface area contributed by atoms with Gasteiger partial charge in [0, 0.05) is 6.08 Å². The van der Waals surface area contributed by atoms with Crippen molar-refractivity contribution in [1.29, 1.82) is 0 Å². The molecule has 0 bridgehead atoms. The van der Waals surface area contributed by atoms with Gasteiger partial charge in [-0.1, -0.05) is 24.6 Å². The smallest absolute Gasteiger partial charge is 0.330 e. The molecule has 0 aromatic carbocycles. The molecule has 0 aliphatic carbocycles. The largest absolute Gasteiger partial charge is 0.466 e. The van der Waals surface area contributed by atoms with Gasteiger partial charge in [0.25, 0.3) is 0 Å². The first-order valence-electron chi connectivity index (χ1n) is 3.65. The van der Waals surface area contributed by atoms with Crippen molar-refractivity contribution in [2.24, 2.45) is 0 Å². The van der Waals surface area contributed by atoms with Gasteiger partial charge >= 0.3 is 5.97 Å². The number of carbonyl (C=O) groups excluding carboxylic acids is 1. The summed E-state index contributed by atoms with van der Waals surface area (Å²) >= 11 is 0. The standard InChI is InChI=1S/C9H14O2/c1-4-8(5-2)6-7-9(10)11-3/h4,6-7H,5H2,1-3H3/b7-6+,8-4+. The van der Waals surface area contributed by atoms with Gasteiger partial charge in [-0.2, -0.15) is 0 Å². The average Bonchev–Trinajstić information content (AvgIpc) is 2.06. The van der Waals surface area contributed by atoms with E-state index in [0.29, 0.717) is 0 Å². The molecule has 0 heterocycles. The molecule has 0 aromatic heterocycles. The van der Waals surface area contributed by atoms with Crippen molar-refractivity contribution in [3.63, 3.8) is 0 Å². The van der Waals surface area contributed by atoms with Crippen LogP contribution in [0.25, 0.3) is 0 Å². The quantitative estimate of drug-likeness (QED) is 0.353. The summed E-state index contributed by atoms with van der Waals surface area (Å²) in [5.74, 6) is -0.308. The summed E-state index contributed by atoms with van der Waals surface area (Å²) < 4.78 is 4.44. The molecule has 0 spiro atoms. The normalized spacial score (nSPS) is 12.1. The second-order valence-electron chi connectivity index (χ2n) is 2.07. The van der Waals surface area contributed by atoms with Crippen LogP contribution in [0.3, 0.4) is 0 Å². The van der Waals surface area contributed by atoms with Crippen molar-refractivity contribution < 1.29 is 9.53 Å². The molecule has 0 aliphatic heterocycles. The molecule has 0 rings (SSSR count). The fourth-order valence-corrected chi connectivity index (χ4v) is 0.661. The van der Waals surface area contributed by atoms with Crippen LogP contribution in [-0.4, -0.2) is 13.1 Å². The predicted molar refractivity (Wildman–Crippen MR) is 45.2 cm³/mol. The molecule has 0 atom stereocenters. The van der Waals surface area contributed by atoms with Crippen LogP contribution in [-0.2, 0) is 9.53 Å². The second-order valence-corrected chi connectivity index (χ2v) is 2.07. The number of allylic oxidation sites excluding steroid dienone is 3. The van der Waals surface area contributed by atoms with E-state index in [1.807, 2.05) is 19.9 Å². The van der Waals surface area contributed by atoms with Crippen molar-refractivity contribution in [2.75, 3.05) is 7.11 Å². The molecule has 0 N–H and O–H groups in total. The van der Waals surface area contributed by atoms with E-state index in [1.54, 1.807) is 6.08 Å². The molecule has 0 aliphatic rings. The van der Waals surface area contributed by atoms with Crippen LogP contribution in [0, 0.1) is 0 Å². The Morgan fingerprint density at radius 2 is 2.09 bits per heavy atom. The van der Waals surface area contributed by atoms with Crippen LogP contribution < -0.4 is 0 Å². The number of rotatable bonds is 3. The van der Waals surface area contributed by atoms with E-state index < -0.39 is 0 Å². The lowest BCUT2D eigenvalue weighted by molar-refractivity contribution is -0.134. The zero-order valence-corrected chi connectivity index (χ0v) is 7.26. The first-order chi connectivity index (χ1) is 5.24. The lowest BCUT2D eigenvalue weighted by Gasteiger charge is -1.93. The number of esters is 1. The Morgan fingerprint density at radius 3 is 2.45 bits per heavy atom. The van der Waals surface area contributed by atoms with E-state index in [0.717, 1.165) is 12.0 Å². The fraction of sp³-hybridized carbons (Fsp3) is 0.444. The molecule has 0 aromatic rings. The van der Waals surface area contributed by atoms with Crippen LogP contribution in [0.2, 0.25) is 0 Å². The average molecular weight is 154 g/mol. The Morgan fingerprint density at radius 1 is 1.45 bits per heavy atom. The third-order valence-electron chi connectivity index (χ3n) is 1.41. The molecule has 0 saturated heterocycles. The molecular weight excluding hydrogens is 140 g/mol. The van der Waals surface area contributed by atoms with E-state index in [9.17, 15) is 4.79 Å². The number of hydrogen-bond donors (Lipinski definition) is 0. The van der Waals surface area contributed by atoms with Gasteiger partial charge in [-0.3, -0.25) is 0 Å². The molecule has 62 valence electrons. The van der Waals surface area contributed by atoms with E-state index in [-0.39, 0.29) is 5.97 Å². The minimum absolute atomic E-state index is 0.308. The van der Waals surface area contributed by atoms with Crippen molar-refractivity contribution in [3.8, 4) is 0 Å². The Balaban J connectivity index is 4.00. The van der Waals surface area contributed by atoms with Crippen molar-refractivity contribution in [2.45, 2.75) is 20.3 Å². The maximum absolute atomic E-state index is 10.6. The van der Waals surface area contributed by atoms with E-state index in [1.165, 1.54) is 13.2 Å². The number of ether oxygens (including phenoxy) is 1. The highest BCUT2D eigenvalue weighted by molar-refractivity contribution is 5.82. The van der Waals surface area contributed by atoms with Crippen molar-refractivity contribution in [1.82, 2.24) is 0 Å². The summed E-state index contributed by atoms with van der Waals surface area (Å²) in [7, 11) is 1.37. The zero-order chi connectivity index (χ0) is 8.69. The molecule has 0 amide bonds. The maximum atomic E-state index is 10.6. The van der Waals surface area contributed by atoms with Crippen LogP contribution in [0.5, 0.6) is 0 Å². The van der Waals surface area contributed by atoms with Gasteiger partial charge in [-0.05, 0) is 13.3 Å². The zero-order valence-electron chi connectivity index (χ0n) is 7.26.